The standard InChI is InChI=1S/C16H14/c1-2-6-12-8-5-10-15-14-9-4-3-7-13(14)11-16(12)15/h3-11H,2H2,1H3. The molecular formula is C16H14. The molecule has 1 aliphatic carbocycles. The second-order valence-electron chi connectivity index (χ2n) is 4.15. The molecule has 0 saturated heterocycles. The third-order valence-electron chi connectivity index (χ3n) is 3.11. The lowest BCUT2D eigenvalue weighted by Crippen LogP contribution is -2.24. The summed E-state index contributed by atoms with van der Waals surface area (Å²) in [6, 6.07) is 15.2. The van der Waals surface area contributed by atoms with Gasteiger partial charge in [0.25, 0.3) is 0 Å². The molecule has 16 heavy (non-hydrogen) atoms. The van der Waals surface area contributed by atoms with E-state index >= 15 is 0 Å². The summed E-state index contributed by atoms with van der Waals surface area (Å²) in [7, 11) is 0. The molecule has 2 aromatic carbocycles. The summed E-state index contributed by atoms with van der Waals surface area (Å²) in [5, 5.41) is 2.74. The first-order valence-corrected chi connectivity index (χ1v) is 5.80. The summed E-state index contributed by atoms with van der Waals surface area (Å²) >= 11 is 0. The Bertz CT molecular complexity index is 648. The van der Waals surface area contributed by atoms with E-state index in [1.165, 1.54) is 27.1 Å². The van der Waals surface area contributed by atoms with Crippen molar-refractivity contribution in [2.75, 3.05) is 0 Å². The fraction of sp³-hybridized carbons (Fsp3) is 0.125. The van der Waals surface area contributed by atoms with Crippen molar-refractivity contribution in [3.05, 3.63) is 58.5 Å². The SMILES string of the molecule is CCC=c1cccc2c1=Cc1ccccc1-2. The van der Waals surface area contributed by atoms with Crippen LogP contribution < -0.4 is 10.4 Å². The van der Waals surface area contributed by atoms with Crippen LogP contribution in [0, 0.1) is 0 Å². The zero-order valence-corrected chi connectivity index (χ0v) is 9.40. The zero-order valence-electron chi connectivity index (χ0n) is 9.40. The lowest BCUT2D eigenvalue weighted by Gasteiger charge is -1.99. The van der Waals surface area contributed by atoms with Gasteiger partial charge < -0.3 is 0 Å². The van der Waals surface area contributed by atoms with E-state index in [1.54, 1.807) is 0 Å². The van der Waals surface area contributed by atoms with Gasteiger partial charge in [0, 0.05) is 0 Å². The second kappa shape index (κ2) is 3.64. The molecule has 0 heterocycles. The van der Waals surface area contributed by atoms with Crippen LogP contribution in [-0.2, 0) is 0 Å². The van der Waals surface area contributed by atoms with Gasteiger partial charge in [-0.05, 0) is 39.6 Å². The number of benzene rings is 2. The minimum absolute atomic E-state index is 1.08. The third kappa shape index (κ3) is 1.30. The summed E-state index contributed by atoms with van der Waals surface area (Å²) in [4.78, 5) is 0. The van der Waals surface area contributed by atoms with Gasteiger partial charge in [0.05, 0.1) is 0 Å². The quantitative estimate of drug-likeness (QED) is 0.574. The summed E-state index contributed by atoms with van der Waals surface area (Å²) in [6.45, 7) is 2.18. The molecule has 2 aromatic rings. The molecule has 0 radical (unpaired) electrons. The van der Waals surface area contributed by atoms with E-state index in [9.17, 15) is 0 Å². The van der Waals surface area contributed by atoms with Crippen molar-refractivity contribution in [1.29, 1.82) is 0 Å². The molecule has 0 bridgehead atoms. The van der Waals surface area contributed by atoms with Gasteiger partial charge in [0.1, 0.15) is 0 Å². The van der Waals surface area contributed by atoms with Crippen LogP contribution in [0.1, 0.15) is 18.9 Å². The molecule has 0 heteroatoms. The highest BCUT2D eigenvalue weighted by Gasteiger charge is 2.10. The van der Waals surface area contributed by atoms with Crippen molar-refractivity contribution in [1.82, 2.24) is 0 Å². The highest BCUT2D eigenvalue weighted by Crippen LogP contribution is 2.24. The molecule has 0 fully saturated rings. The van der Waals surface area contributed by atoms with Gasteiger partial charge in [-0.3, -0.25) is 0 Å². The Balaban J connectivity index is 2.39. The van der Waals surface area contributed by atoms with Crippen molar-refractivity contribution in [3.63, 3.8) is 0 Å². The molecule has 0 nitrogen and oxygen atoms in total. The molecule has 0 atom stereocenters. The van der Waals surface area contributed by atoms with Gasteiger partial charge in [0.2, 0.25) is 0 Å². The summed E-state index contributed by atoms with van der Waals surface area (Å²) in [5.74, 6) is 0. The largest absolute Gasteiger partial charge is 0.0769 e. The highest BCUT2D eigenvalue weighted by atomic mass is 14.1. The van der Waals surface area contributed by atoms with E-state index in [1.807, 2.05) is 0 Å². The lowest BCUT2D eigenvalue weighted by molar-refractivity contribution is 1.28. The van der Waals surface area contributed by atoms with E-state index in [4.69, 9.17) is 0 Å². The Kier molecular flexibility index (Phi) is 2.14. The topological polar surface area (TPSA) is 0 Å². The molecule has 0 spiro atoms. The van der Waals surface area contributed by atoms with E-state index in [-0.39, 0.29) is 0 Å². The molecule has 0 N–H and O–H groups in total. The van der Waals surface area contributed by atoms with Crippen molar-refractivity contribution in [2.45, 2.75) is 13.3 Å². The summed E-state index contributed by atoms with van der Waals surface area (Å²) in [6.07, 6.45) is 5.67. The van der Waals surface area contributed by atoms with Gasteiger partial charge in [-0.1, -0.05) is 55.5 Å². The number of hydrogen-bond donors (Lipinski definition) is 0. The third-order valence-corrected chi connectivity index (χ3v) is 3.11. The first-order valence-electron chi connectivity index (χ1n) is 5.80. The number of hydrogen-bond acceptors (Lipinski definition) is 0. The van der Waals surface area contributed by atoms with Crippen molar-refractivity contribution in [2.24, 2.45) is 0 Å². The molecule has 0 unspecified atom stereocenters. The predicted molar refractivity (Wildman–Crippen MR) is 69.5 cm³/mol. The van der Waals surface area contributed by atoms with Crippen LogP contribution in [0.15, 0.2) is 42.5 Å². The van der Waals surface area contributed by atoms with Gasteiger partial charge >= 0.3 is 0 Å². The average molecular weight is 206 g/mol. The van der Waals surface area contributed by atoms with Crippen LogP contribution in [0.25, 0.3) is 23.3 Å². The van der Waals surface area contributed by atoms with Crippen molar-refractivity contribution >= 4 is 12.2 Å². The Hall–Kier alpha value is -1.82. The van der Waals surface area contributed by atoms with Crippen LogP contribution in [0.4, 0.5) is 0 Å². The Morgan fingerprint density at radius 3 is 2.62 bits per heavy atom. The maximum Gasteiger partial charge on any atom is -0.00993 e. The second-order valence-corrected chi connectivity index (χ2v) is 4.15. The summed E-state index contributed by atoms with van der Waals surface area (Å²) < 4.78 is 0. The van der Waals surface area contributed by atoms with Crippen LogP contribution in [0.5, 0.6) is 0 Å². The Labute approximate surface area is 95.6 Å². The Morgan fingerprint density at radius 2 is 1.75 bits per heavy atom. The van der Waals surface area contributed by atoms with Crippen LogP contribution in [-0.4, -0.2) is 0 Å². The fourth-order valence-electron chi connectivity index (χ4n) is 2.40. The number of rotatable bonds is 1. The maximum absolute atomic E-state index is 2.30. The maximum atomic E-state index is 2.30. The molecule has 3 rings (SSSR count). The smallest absolute Gasteiger partial charge is 0.00993 e. The summed E-state index contributed by atoms with van der Waals surface area (Å²) in [5.41, 5.74) is 4.08. The Morgan fingerprint density at radius 1 is 0.938 bits per heavy atom. The normalized spacial score (nSPS) is 13.2. The minimum Gasteiger partial charge on any atom is -0.0769 e. The zero-order chi connectivity index (χ0) is 11.0. The van der Waals surface area contributed by atoms with Gasteiger partial charge in [0.15, 0.2) is 0 Å². The first kappa shape index (κ1) is 9.41. The molecule has 1 aliphatic rings. The van der Waals surface area contributed by atoms with E-state index < -0.39 is 0 Å². The van der Waals surface area contributed by atoms with Gasteiger partial charge in [-0.25, -0.2) is 0 Å². The minimum atomic E-state index is 1.08. The van der Waals surface area contributed by atoms with Crippen molar-refractivity contribution in [3.8, 4) is 11.1 Å². The van der Waals surface area contributed by atoms with E-state index in [0.29, 0.717) is 0 Å². The monoisotopic (exact) mass is 206 g/mol. The van der Waals surface area contributed by atoms with Crippen LogP contribution >= 0.6 is 0 Å². The van der Waals surface area contributed by atoms with Crippen LogP contribution in [0.3, 0.4) is 0 Å². The fourth-order valence-corrected chi connectivity index (χ4v) is 2.40. The molecule has 0 aromatic heterocycles. The van der Waals surface area contributed by atoms with E-state index in [2.05, 4.69) is 61.5 Å². The molecule has 78 valence electrons. The average Bonchev–Trinajstić information content (AvgIpc) is 2.69. The van der Waals surface area contributed by atoms with Crippen molar-refractivity contribution < 1.29 is 0 Å². The molecular weight excluding hydrogens is 192 g/mol. The first-order chi connectivity index (χ1) is 7.90. The van der Waals surface area contributed by atoms with Crippen LogP contribution in [0.2, 0.25) is 0 Å². The molecule has 0 saturated carbocycles. The molecule has 0 amide bonds. The van der Waals surface area contributed by atoms with Gasteiger partial charge in [-0.15, -0.1) is 0 Å². The van der Waals surface area contributed by atoms with Gasteiger partial charge in [-0.2, -0.15) is 0 Å². The lowest BCUT2D eigenvalue weighted by atomic mass is 10.0. The van der Waals surface area contributed by atoms with E-state index in [0.717, 1.165) is 6.42 Å². The molecule has 0 aliphatic heterocycles. The predicted octanol–water partition coefficient (Wildman–Crippen LogP) is 2.69. The highest BCUT2D eigenvalue weighted by molar-refractivity contribution is 5.82. The number of fused-ring (bicyclic) bond motifs is 3.